The van der Waals surface area contributed by atoms with Crippen LogP contribution in [0.15, 0.2) is 40.0 Å². The van der Waals surface area contributed by atoms with Crippen LogP contribution in [0.25, 0.3) is 0 Å². The number of thiazole rings is 1. The van der Waals surface area contributed by atoms with Gasteiger partial charge in [0.25, 0.3) is 0 Å². The second-order valence-electron chi connectivity index (χ2n) is 8.58. The highest BCUT2D eigenvalue weighted by Gasteiger charge is 2.13. The van der Waals surface area contributed by atoms with E-state index in [1.54, 1.807) is 13.8 Å². The van der Waals surface area contributed by atoms with Gasteiger partial charge in [0.05, 0.1) is 62.9 Å². The molecule has 1 aromatic carbocycles. The molecule has 2 aromatic rings. The van der Waals surface area contributed by atoms with Crippen LogP contribution in [-0.2, 0) is 21.3 Å². The molecule has 3 N–H and O–H groups in total. The molecule has 9 nitrogen and oxygen atoms in total. The monoisotopic (exact) mass is 495 g/mol. The van der Waals surface area contributed by atoms with Crippen molar-refractivity contribution in [2.45, 2.75) is 58.5 Å². The van der Waals surface area contributed by atoms with Gasteiger partial charge in [0, 0.05) is 17.7 Å². The maximum atomic E-state index is 9.41. The number of rotatable bonds is 16. The Kier molecular flexibility index (Phi) is 12.6. The van der Waals surface area contributed by atoms with Crippen molar-refractivity contribution < 1.29 is 29.0 Å². The number of aliphatic hydroxyl groups is 2. The third-order valence-corrected chi connectivity index (χ3v) is 5.67. The fourth-order valence-electron chi connectivity index (χ4n) is 3.02. The topological polar surface area (TPSA) is 109 Å². The Balaban J connectivity index is 1.94. The van der Waals surface area contributed by atoms with E-state index >= 15 is 0 Å². The van der Waals surface area contributed by atoms with Gasteiger partial charge < -0.3 is 29.7 Å². The summed E-state index contributed by atoms with van der Waals surface area (Å²) in [6.45, 7) is 9.31. The molecule has 0 spiro atoms. The number of hydrogen-bond acceptors (Lipinski definition) is 9. The zero-order chi connectivity index (χ0) is 24.9. The third kappa shape index (κ3) is 11.0. The summed E-state index contributed by atoms with van der Waals surface area (Å²) in [5.74, 6) is 0. The number of benzene rings is 1. The molecule has 0 bridgehead atoms. The van der Waals surface area contributed by atoms with Gasteiger partial charge in [0.2, 0.25) is 0 Å². The first kappa shape index (κ1) is 28.3. The molecule has 0 aliphatic rings. The molecule has 4 unspecified atom stereocenters. The number of nitrogens with zero attached hydrogens (tertiary/aromatic N) is 3. The molecule has 0 saturated heterocycles. The second-order valence-corrected chi connectivity index (χ2v) is 9.46. The first-order valence-corrected chi connectivity index (χ1v) is 12.5. The van der Waals surface area contributed by atoms with Gasteiger partial charge in [-0.2, -0.15) is 0 Å². The van der Waals surface area contributed by atoms with Gasteiger partial charge in [-0.25, -0.2) is 4.57 Å². The fourth-order valence-corrected chi connectivity index (χ4v) is 3.70. The van der Waals surface area contributed by atoms with Crippen molar-refractivity contribution in [3.8, 4) is 0 Å². The smallest absolute Gasteiger partial charge is 0.391 e. The lowest BCUT2D eigenvalue weighted by molar-refractivity contribution is -0.654. The lowest BCUT2D eigenvalue weighted by Crippen LogP contribution is -2.30. The largest absolute Gasteiger partial charge is 0.408 e. The molecule has 0 aliphatic heterocycles. The van der Waals surface area contributed by atoms with Crippen molar-refractivity contribution in [3.05, 3.63) is 35.3 Å². The van der Waals surface area contributed by atoms with Crippen LogP contribution in [-0.4, -0.2) is 67.6 Å². The van der Waals surface area contributed by atoms with E-state index in [-0.39, 0.29) is 18.8 Å². The van der Waals surface area contributed by atoms with Gasteiger partial charge in [-0.3, -0.25) is 0 Å². The molecule has 190 valence electrons. The molecule has 0 fully saturated rings. The van der Waals surface area contributed by atoms with E-state index in [0.717, 1.165) is 22.1 Å². The summed E-state index contributed by atoms with van der Waals surface area (Å²) in [5, 5.41) is 33.8. The lowest BCUT2D eigenvalue weighted by atomic mass is 10.1. The number of azo groups is 1. The molecule has 0 aliphatic carbocycles. The zero-order valence-corrected chi connectivity index (χ0v) is 21.6. The van der Waals surface area contributed by atoms with Crippen molar-refractivity contribution in [1.82, 2.24) is 0 Å². The minimum absolute atomic E-state index is 0.00927. The Morgan fingerprint density at radius 2 is 1.79 bits per heavy atom. The van der Waals surface area contributed by atoms with Crippen LogP contribution in [0.5, 0.6) is 0 Å². The number of aromatic nitrogens is 1. The summed E-state index contributed by atoms with van der Waals surface area (Å²) in [4.78, 5) is 0. The average molecular weight is 496 g/mol. The molecule has 0 amide bonds. The first-order valence-electron chi connectivity index (χ1n) is 11.6. The molecule has 1 aromatic heterocycles. The summed E-state index contributed by atoms with van der Waals surface area (Å²) in [5.41, 5.74) is 2.79. The number of nitrogens with one attached hydrogen (secondary N) is 1. The summed E-state index contributed by atoms with van der Waals surface area (Å²) >= 11 is 1.54. The maximum Gasteiger partial charge on any atom is 0.408 e. The Morgan fingerprint density at radius 1 is 1.03 bits per heavy atom. The lowest BCUT2D eigenvalue weighted by Gasteiger charge is -2.22. The number of aliphatic hydroxyl groups excluding tert-OH is 2. The Labute approximate surface area is 206 Å². The molecule has 0 saturated carbocycles. The highest BCUT2D eigenvalue weighted by atomic mass is 32.1. The van der Waals surface area contributed by atoms with Crippen LogP contribution >= 0.6 is 11.3 Å². The summed E-state index contributed by atoms with van der Waals surface area (Å²) < 4.78 is 18.9. The van der Waals surface area contributed by atoms with Crippen molar-refractivity contribution in [2.75, 3.05) is 38.4 Å². The SMILES string of the molecule is Cc1cc(NC(CCOCC(C)O)COCC(C)OCC(C)O)ccc1/N=N/c1scc[n+]1C. The van der Waals surface area contributed by atoms with E-state index in [1.165, 1.54) is 11.3 Å². The zero-order valence-electron chi connectivity index (χ0n) is 20.8. The van der Waals surface area contributed by atoms with E-state index in [9.17, 15) is 10.2 Å². The predicted molar refractivity (Wildman–Crippen MR) is 133 cm³/mol. The molecule has 10 heteroatoms. The number of ether oxygens (including phenoxy) is 3. The third-order valence-electron chi connectivity index (χ3n) is 4.83. The minimum atomic E-state index is -0.498. The first-order chi connectivity index (χ1) is 16.2. The minimum Gasteiger partial charge on any atom is -0.391 e. The van der Waals surface area contributed by atoms with Gasteiger partial charge in [-0.05, 0) is 74.3 Å². The van der Waals surface area contributed by atoms with E-state index in [2.05, 4.69) is 15.5 Å². The van der Waals surface area contributed by atoms with Crippen molar-refractivity contribution >= 4 is 27.8 Å². The molecule has 1 heterocycles. The van der Waals surface area contributed by atoms with Crippen molar-refractivity contribution in [1.29, 1.82) is 0 Å². The predicted octanol–water partition coefficient (Wildman–Crippen LogP) is 3.67. The van der Waals surface area contributed by atoms with Gasteiger partial charge in [-0.15, -0.1) is 0 Å². The Bertz CT molecular complexity index is 875. The van der Waals surface area contributed by atoms with E-state index < -0.39 is 12.2 Å². The molecular formula is C24H39N4O5S+. The van der Waals surface area contributed by atoms with E-state index in [4.69, 9.17) is 14.2 Å². The van der Waals surface area contributed by atoms with Crippen molar-refractivity contribution in [2.24, 2.45) is 17.3 Å². The van der Waals surface area contributed by atoms with Gasteiger partial charge >= 0.3 is 5.13 Å². The molecular weight excluding hydrogens is 456 g/mol. The van der Waals surface area contributed by atoms with Gasteiger partial charge in [0.15, 0.2) is 0 Å². The van der Waals surface area contributed by atoms with Crippen LogP contribution in [0.1, 0.15) is 32.8 Å². The summed E-state index contributed by atoms with van der Waals surface area (Å²) in [7, 11) is 1.94. The normalized spacial score (nSPS) is 15.4. The average Bonchev–Trinajstić information content (AvgIpc) is 3.19. The van der Waals surface area contributed by atoms with E-state index in [0.29, 0.717) is 32.8 Å². The maximum absolute atomic E-state index is 9.41. The highest BCUT2D eigenvalue weighted by Crippen LogP contribution is 2.25. The van der Waals surface area contributed by atoms with Gasteiger partial charge in [0.1, 0.15) is 11.9 Å². The summed E-state index contributed by atoms with van der Waals surface area (Å²) in [6.07, 6.45) is 1.56. The van der Waals surface area contributed by atoms with Crippen LogP contribution < -0.4 is 9.88 Å². The summed E-state index contributed by atoms with van der Waals surface area (Å²) in [6, 6.07) is 5.98. The van der Waals surface area contributed by atoms with Gasteiger partial charge in [-0.1, -0.05) is 0 Å². The van der Waals surface area contributed by atoms with Crippen LogP contribution in [0.3, 0.4) is 0 Å². The number of hydrogen-bond donors (Lipinski definition) is 3. The van der Waals surface area contributed by atoms with Crippen LogP contribution in [0.4, 0.5) is 16.5 Å². The van der Waals surface area contributed by atoms with Crippen LogP contribution in [0, 0.1) is 6.92 Å². The number of anilines is 1. The molecule has 34 heavy (non-hydrogen) atoms. The van der Waals surface area contributed by atoms with Crippen LogP contribution in [0.2, 0.25) is 0 Å². The standard InChI is InChI=1S/C24H38N4O5S/c1-17-12-21(6-7-23(17)26-27-24-28(5)9-11-34-24)25-22(8-10-31-13-18(2)29)16-32-15-20(4)33-14-19(3)30/h6-7,9,11-12,18-20,22,29-30H,8,10,13-16H2,1-5H3/p+1. The highest BCUT2D eigenvalue weighted by molar-refractivity contribution is 7.12. The fraction of sp³-hybridized carbons (Fsp3) is 0.625. The Hall–Kier alpha value is -1.95. The number of aryl methyl sites for hydroxylation is 2. The Morgan fingerprint density at radius 3 is 2.44 bits per heavy atom. The van der Waals surface area contributed by atoms with Crippen molar-refractivity contribution in [3.63, 3.8) is 0 Å². The molecule has 2 rings (SSSR count). The quantitative estimate of drug-likeness (QED) is 0.186. The second kappa shape index (κ2) is 15.1. The van der Waals surface area contributed by atoms with E-state index in [1.807, 2.05) is 55.2 Å². The molecule has 4 atom stereocenters. The molecule has 0 radical (unpaired) electrons.